The van der Waals surface area contributed by atoms with Crippen molar-refractivity contribution in [1.82, 2.24) is 0 Å². The predicted molar refractivity (Wildman–Crippen MR) is 91.4 cm³/mol. The Morgan fingerprint density at radius 3 is 2.33 bits per heavy atom. The lowest BCUT2D eigenvalue weighted by Gasteiger charge is -2.28. The van der Waals surface area contributed by atoms with Crippen LogP contribution in [0, 0.1) is 12.7 Å². The Balaban J connectivity index is 2.38. The van der Waals surface area contributed by atoms with E-state index in [9.17, 15) is 27.5 Å². The molecule has 0 amide bonds. The van der Waals surface area contributed by atoms with Crippen molar-refractivity contribution in [3.8, 4) is 0 Å². The number of hydrogen-bond acceptors (Lipinski definition) is 4. The molecule has 0 heterocycles. The molecule has 0 aliphatic heterocycles. The van der Waals surface area contributed by atoms with Crippen LogP contribution >= 0.6 is 0 Å². The van der Waals surface area contributed by atoms with Gasteiger partial charge in [0.2, 0.25) is 0 Å². The summed E-state index contributed by atoms with van der Waals surface area (Å²) in [5.41, 5.74) is -3.20. The molecule has 1 atom stereocenters. The van der Waals surface area contributed by atoms with Crippen LogP contribution in [0.5, 0.6) is 0 Å². The molecule has 27 heavy (non-hydrogen) atoms. The van der Waals surface area contributed by atoms with Crippen LogP contribution in [-0.4, -0.2) is 30.1 Å². The minimum absolute atomic E-state index is 0.304. The number of esters is 1. The van der Waals surface area contributed by atoms with Crippen molar-refractivity contribution < 1.29 is 32.2 Å². The van der Waals surface area contributed by atoms with Crippen LogP contribution in [-0.2, 0) is 15.1 Å². The summed E-state index contributed by atoms with van der Waals surface area (Å²) in [6.45, 7) is 2.52. The average molecular weight is 383 g/mol. The average Bonchev–Trinajstić information content (AvgIpc) is 2.60. The summed E-state index contributed by atoms with van der Waals surface area (Å²) >= 11 is 0. The van der Waals surface area contributed by atoms with Gasteiger partial charge in [-0.2, -0.15) is 13.2 Å². The highest BCUT2D eigenvalue weighted by molar-refractivity contribution is 5.84. The fourth-order valence-electron chi connectivity index (χ4n) is 2.35. The second kappa shape index (κ2) is 7.87. The van der Waals surface area contributed by atoms with Gasteiger partial charge in [0.1, 0.15) is 5.82 Å². The lowest BCUT2D eigenvalue weighted by atomic mass is 9.91. The number of carbonyl (C=O) groups is 1. The number of nitrogens with zero attached hydrogens (tertiary/aromatic N) is 1. The van der Waals surface area contributed by atoms with E-state index in [1.807, 2.05) is 0 Å². The van der Waals surface area contributed by atoms with Crippen molar-refractivity contribution in [2.75, 3.05) is 6.61 Å². The van der Waals surface area contributed by atoms with Gasteiger partial charge in [0.15, 0.2) is 0 Å². The molecule has 8 heteroatoms. The number of alkyl halides is 3. The van der Waals surface area contributed by atoms with Crippen LogP contribution in [0.3, 0.4) is 0 Å². The van der Waals surface area contributed by atoms with Crippen LogP contribution in [0.1, 0.15) is 23.6 Å². The summed E-state index contributed by atoms with van der Waals surface area (Å²) in [7, 11) is 0. The number of ether oxygens (including phenoxy) is 1. The quantitative estimate of drug-likeness (QED) is 0.478. The molecule has 0 unspecified atom stereocenters. The van der Waals surface area contributed by atoms with E-state index in [0.29, 0.717) is 16.8 Å². The molecule has 0 fully saturated rings. The normalized spacial score (nSPS) is 14.2. The first-order chi connectivity index (χ1) is 12.6. The van der Waals surface area contributed by atoms with Crippen molar-refractivity contribution in [2.45, 2.75) is 25.6 Å². The van der Waals surface area contributed by atoms with Gasteiger partial charge in [-0.05, 0) is 43.2 Å². The van der Waals surface area contributed by atoms with E-state index < -0.39 is 29.1 Å². The third-order valence-corrected chi connectivity index (χ3v) is 3.82. The molecule has 0 saturated carbocycles. The Hall–Kier alpha value is -2.74. The second-order valence-electron chi connectivity index (χ2n) is 5.74. The van der Waals surface area contributed by atoms with Crippen molar-refractivity contribution in [1.29, 1.82) is 0 Å². The molecule has 0 aromatic heterocycles. The van der Waals surface area contributed by atoms with Gasteiger partial charge in [0.25, 0.3) is 5.60 Å². The number of carbonyl (C=O) groups excluding carboxylic acids is 1. The van der Waals surface area contributed by atoms with Crippen LogP contribution in [0.4, 0.5) is 23.2 Å². The minimum Gasteiger partial charge on any atom is -0.463 e. The molecule has 0 radical (unpaired) electrons. The second-order valence-corrected chi connectivity index (χ2v) is 5.74. The van der Waals surface area contributed by atoms with Gasteiger partial charge in [-0.25, -0.2) is 9.18 Å². The third-order valence-electron chi connectivity index (χ3n) is 3.82. The fraction of sp³-hybridized carbons (Fsp3) is 0.263. The molecule has 0 aliphatic rings. The van der Waals surface area contributed by atoms with Gasteiger partial charge >= 0.3 is 12.1 Å². The third kappa shape index (κ3) is 4.33. The molecule has 144 valence electrons. The molecular formula is C19H17F4NO3. The summed E-state index contributed by atoms with van der Waals surface area (Å²) in [6.07, 6.45) is -3.84. The molecule has 0 aliphatic carbocycles. The molecule has 4 nitrogen and oxygen atoms in total. The number of halogens is 4. The number of aliphatic hydroxyl groups is 1. The number of rotatable bonds is 5. The van der Waals surface area contributed by atoms with E-state index >= 15 is 0 Å². The van der Waals surface area contributed by atoms with Gasteiger partial charge in [-0.15, -0.1) is 0 Å². The number of hydrogen-bond donors (Lipinski definition) is 1. The first-order valence-corrected chi connectivity index (χ1v) is 7.96. The van der Waals surface area contributed by atoms with E-state index in [2.05, 4.69) is 9.73 Å². The van der Waals surface area contributed by atoms with E-state index in [1.54, 1.807) is 0 Å². The Labute approximate surface area is 153 Å². The SMILES string of the molecule is CCOC(=O)[C@@](O)(c1ccc(N=Cc2ccc(F)cc2)c(C)c1)C(F)(F)F. The van der Waals surface area contributed by atoms with Crippen LogP contribution < -0.4 is 0 Å². The summed E-state index contributed by atoms with van der Waals surface area (Å²) in [4.78, 5) is 15.9. The Bertz CT molecular complexity index is 847. The van der Waals surface area contributed by atoms with E-state index in [1.165, 1.54) is 50.4 Å². The van der Waals surface area contributed by atoms with Crippen molar-refractivity contribution in [3.63, 3.8) is 0 Å². The first-order valence-electron chi connectivity index (χ1n) is 7.96. The smallest absolute Gasteiger partial charge is 0.432 e. The molecular weight excluding hydrogens is 366 g/mol. The number of aliphatic imine (C=N–C) groups is 1. The van der Waals surface area contributed by atoms with Gasteiger partial charge in [-0.1, -0.05) is 24.3 Å². The van der Waals surface area contributed by atoms with Crippen molar-refractivity contribution >= 4 is 17.9 Å². The fourth-order valence-corrected chi connectivity index (χ4v) is 2.35. The lowest BCUT2D eigenvalue weighted by Crippen LogP contribution is -2.50. The predicted octanol–water partition coefficient (Wildman–Crippen LogP) is 4.20. The summed E-state index contributed by atoms with van der Waals surface area (Å²) in [5.74, 6) is -2.20. The Kier molecular flexibility index (Phi) is 6.00. The molecule has 0 saturated heterocycles. The zero-order valence-electron chi connectivity index (χ0n) is 14.5. The maximum absolute atomic E-state index is 13.4. The van der Waals surface area contributed by atoms with Gasteiger partial charge in [0.05, 0.1) is 12.3 Å². The van der Waals surface area contributed by atoms with Gasteiger partial charge in [-0.3, -0.25) is 4.99 Å². The van der Waals surface area contributed by atoms with Gasteiger partial charge < -0.3 is 9.84 Å². The maximum Gasteiger partial charge on any atom is 0.432 e. The standard InChI is InChI=1S/C19H17F4NO3/c1-3-27-17(25)18(26,19(21,22)23)14-6-9-16(12(2)10-14)24-11-13-4-7-15(20)8-5-13/h4-11,26H,3H2,1-2H3/t18-/m0/s1. The largest absolute Gasteiger partial charge is 0.463 e. The summed E-state index contributed by atoms with van der Waals surface area (Å²) < 4.78 is 57.5. The van der Waals surface area contributed by atoms with E-state index in [0.717, 1.165) is 12.1 Å². The lowest BCUT2D eigenvalue weighted by molar-refractivity contribution is -0.267. The molecule has 2 aromatic rings. The summed E-state index contributed by atoms with van der Waals surface area (Å²) in [6, 6.07) is 8.73. The Morgan fingerprint density at radius 2 is 1.81 bits per heavy atom. The maximum atomic E-state index is 13.4. The molecule has 0 bridgehead atoms. The van der Waals surface area contributed by atoms with Crippen LogP contribution in [0.25, 0.3) is 0 Å². The highest BCUT2D eigenvalue weighted by Gasteiger charge is 2.62. The van der Waals surface area contributed by atoms with Gasteiger partial charge in [0, 0.05) is 11.8 Å². The molecule has 1 N–H and O–H groups in total. The number of benzene rings is 2. The van der Waals surface area contributed by atoms with E-state index in [4.69, 9.17) is 0 Å². The summed E-state index contributed by atoms with van der Waals surface area (Å²) in [5, 5.41) is 10.1. The van der Waals surface area contributed by atoms with E-state index in [-0.39, 0.29) is 6.61 Å². The first kappa shape index (κ1) is 20.6. The highest BCUT2D eigenvalue weighted by atomic mass is 19.4. The van der Waals surface area contributed by atoms with Crippen molar-refractivity contribution in [3.05, 3.63) is 65.0 Å². The van der Waals surface area contributed by atoms with Crippen LogP contribution in [0.2, 0.25) is 0 Å². The zero-order valence-corrected chi connectivity index (χ0v) is 14.5. The van der Waals surface area contributed by atoms with Crippen LogP contribution in [0.15, 0.2) is 47.5 Å². The minimum atomic E-state index is -5.26. The van der Waals surface area contributed by atoms with Crippen molar-refractivity contribution in [2.24, 2.45) is 4.99 Å². The number of aryl methyl sites for hydroxylation is 1. The molecule has 2 rings (SSSR count). The zero-order chi connectivity index (χ0) is 20.2. The topological polar surface area (TPSA) is 58.9 Å². The Morgan fingerprint density at radius 1 is 1.19 bits per heavy atom. The molecule has 2 aromatic carbocycles. The monoisotopic (exact) mass is 383 g/mol. The highest BCUT2D eigenvalue weighted by Crippen LogP contribution is 2.41. The molecule has 0 spiro atoms.